The van der Waals surface area contributed by atoms with Gasteiger partial charge >= 0.3 is 0 Å². The van der Waals surface area contributed by atoms with Crippen LogP contribution < -0.4 is 9.80 Å². The van der Waals surface area contributed by atoms with Crippen LogP contribution in [0.15, 0.2) is 24.3 Å². The van der Waals surface area contributed by atoms with Crippen LogP contribution in [0.1, 0.15) is 81.3 Å². The average Bonchev–Trinajstić information content (AvgIpc) is 3.48. The Labute approximate surface area is 178 Å². The smallest absolute Gasteiger partial charge is 0.214 e. The molecule has 162 valence electrons. The maximum absolute atomic E-state index is 15.0. The van der Waals surface area contributed by atoms with Crippen molar-refractivity contribution in [1.82, 2.24) is 20.2 Å². The van der Waals surface area contributed by atoms with Gasteiger partial charge < -0.3 is 9.80 Å². The van der Waals surface area contributed by atoms with Crippen LogP contribution in [0, 0.1) is 5.82 Å². The van der Waals surface area contributed by atoms with Gasteiger partial charge in [0.15, 0.2) is 6.04 Å². The third-order valence-corrected chi connectivity index (χ3v) is 7.79. The monoisotopic (exact) mass is 414 g/mol. The standard InChI is InChI=1S/C23H33FN6/c24-21-13-7-6-12-20(21)22(23-25-26-27-30(23)19-10-4-5-11-19)29-16-14-28(15-17-29)18-8-2-1-3-9-18/h6-7,12-13,18-19,22H,1-5,8-11,14-17H2/p+2/t22-/m1/s1. The van der Waals surface area contributed by atoms with E-state index in [1.54, 1.807) is 17.0 Å². The highest BCUT2D eigenvalue weighted by atomic mass is 19.1. The number of quaternary nitrogens is 2. The number of hydrogen-bond donors (Lipinski definition) is 2. The molecule has 0 spiro atoms. The first kappa shape index (κ1) is 20.1. The molecule has 0 radical (unpaired) electrons. The molecular weight excluding hydrogens is 379 g/mol. The molecule has 2 aliphatic carbocycles. The molecule has 5 rings (SSSR count). The first-order valence-electron chi connectivity index (χ1n) is 12.0. The van der Waals surface area contributed by atoms with E-state index in [4.69, 9.17) is 0 Å². The SMILES string of the molecule is Fc1ccccc1[C@H](c1nnnn1C1CCCC1)[NH+]1CC[NH+](C2CCCCC2)CC1. The zero-order valence-corrected chi connectivity index (χ0v) is 17.9. The number of hydrogen-bond acceptors (Lipinski definition) is 3. The summed E-state index contributed by atoms with van der Waals surface area (Å²) < 4.78 is 17.0. The van der Waals surface area contributed by atoms with Crippen LogP contribution in [-0.2, 0) is 0 Å². The summed E-state index contributed by atoms with van der Waals surface area (Å²) in [6, 6.07) is 8.29. The van der Waals surface area contributed by atoms with E-state index in [-0.39, 0.29) is 11.9 Å². The van der Waals surface area contributed by atoms with E-state index in [1.165, 1.54) is 49.8 Å². The molecule has 2 heterocycles. The van der Waals surface area contributed by atoms with E-state index >= 15 is 0 Å². The van der Waals surface area contributed by atoms with Crippen LogP contribution in [0.3, 0.4) is 0 Å². The second-order valence-corrected chi connectivity index (χ2v) is 9.53. The third kappa shape index (κ3) is 4.02. The van der Waals surface area contributed by atoms with Gasteiger partial charge in [-0.3, -0.25) is 0 Å². The second kappa shape index (κ2) is 9.10. The molecule has 0 amide bonds. The maximum Gasteiger partial charge on any atom is 0.214 e. The van der Waals surface area contributed by atoms with Crippen molar-refractivity contribution in [2.45, 2.75) is 75.9 Å². The average molecular weight is 415 g/mol. The Morgan fingerprint density at radius 2 is 1.60 bits per heavy atom. The molecule has 1 atom stereocenters. The first-order chi connectivity index (χ1) is 14.8. The summed E-state index contributed by atoms with van der Waals surface area (Å²) >= 11 is 0. The van der Waals surface area contributed by atoms with E-state index in [0.29, 0.717) is 6.04 Å². The Hall–Kier alpha value is -1.86. The minimum absolute atomic E-state index is 0.130. The number of rotatable bonds is 5. The molecule has 2 N–H and O–H groups in total. The molecule has 2 saturated carbocycles. The van der Waals surface area contributed by atoms with Crippen molar-refractivity contribution in [3.63, 3.8) is 0 Å². The third-order valence-electron chi connectivity index (χ3n) is 7.79. The Kier molecular flexibility index (Phi) is 6.09. The van der Waals surface area contributed by atoms with Crippen molar-refractivity contribution < 1.29 is 14.2 Å². The van der Waals surface area contributed by atoms with Gasteiger partial charge in [-0.2, -0.15) is 0 Å². The molecule has 2 aromatic rings. The Morgan fingerprint density at radius 3 is 2.33 bits per heavy atom. The Bertz CT molecular complexity index is 819. The van der Waals surface area contributed by atoms with Gasteiger partial charge in [-0.15, -0.1) is 5.10 Å². The number of aromatic nitrogens is 4. The molecule has 3 aliphatic rings. The number of piperazine rings is 1. The molecule has 1 saturated heterocycles. The van der Waals surface area contributed by atoms with Crippen LogP contribution in [0.25, 0.3) is 0 Å². The predicted molar refractivity (Wildman–Crippen MR) is 112 cm³/mol. The van der Waals surface area contributed by atoms with Gasteiger partial charge in [0.05, 0.1) is 17.6 Å². The largest absolute Gasteiger partial charge is 0.323 e. The number of nitrogens with one attached hydrogen (secondary N) is 2. The van der Waals surface area contributed by atoms with Crippen molar-refractivity contribution in [3.05, 3.63) is 41.5 Å². The van der Waals surface area contributed by atoms with Gasteiger partial charge in [0.2, 0.25) is 5.82 Å². The topological polar surface area (TPSA) is 52.5 Å². The fourth-order valence-corrected chi connectivity index (χ4v) is 6.15. The van der Waals surface area contributed by atoms with Gasteiger partial charge in [0, 0.05) is 0 Å². The highest BCUT2D eigenvalue weighted by Gasteiger charge is 2.39. The van der Waals surface area contributed by atoms with E-state index in [9.17, 15) is 4.39 Å². The highest BCUT2D eigenvalue weighted by Crippen LogP contribution is 2.31. The molecule has 1 aromatic heterocycles. The molecule has 7 heteroatoms. The molecular formula is C23H35FN6+2. The van der Waals surface area contributed by atoms with Crippen LogP contribution in [0.4, 0.5) is 4.39 Å². The van der Waals surface area contributed by atoms with Crippen LogP contribution >= 0.6 is 0 Å². The molecule has 0 bridgehead atoms. The zero-order valence-electron chi connectivity index (χ0n) is 17.9. The number of nitrogens with zero attached hydrogens (tertiary/aromatic N) is 4. The molecule has 0 unspecified atom stereocenters. The molecule has 30 heavy (non-hydrogen) atoms. The maximum atomic E-state index is 15.0. The predicted octanol–water partition coefficient (Wildman–Crippen LogP) is 1.13. The van der Waals surface area contributed by atoms with E-state index in [0.717, 1.165) is 56.5 Å². The van der Waals surface area contributed by atoms with E-state index in [2.05, 4.69) is 15.5 Å². The normalized spacial score (nSPS) is 27.4. The molecule has 6 nitrogen and oxygen atoms in total. The number of benzene rings is 1. The fraction of sp³-hybridized carbons (Fsp3) is 0.696. The molecule has 1 aromatic carbocycles. The summed E-state index contributed by atoms with van der Waals surface area (Å²) in [5, 5.41) is 12.9. The van der Waals surface area contributed by atoms with Crippen LogP contribution in [0.5, 0.6) is 0 Å². The lowest BCUT2D eigenvalue weighted by Crippen LogP contribution is -3.29. The molecule has 3 fully saturated rings. The summed E-state index contributed by atoms with van der Waals surface area (Å²) in [6.45, 7) is 4.41. The van der Waals surface area contributed by atoms with Crippen molar-refractivity contribution in [3.8, 4) is 0 Å². The first-order valence-corrected chi connectivity index (χ1v) is 12.0. The zero-order chi connectivity index (χ0) is 20.3. The van der Waals surface area contributed by atoms with Gasteiger partial charge in [-0.1, -0.05) is 31.4 Å². The lowest BCUT2D eigenvalue weighted by molar-refractivity contribution is -1.03. The van der Waals surface area contributed by atoms with Crippen molar-refractivity contribution in [2.24, 2.45) is 0 Å². The summed E-state index contributed by atoms with van der Waals surface area (Å²) in [5.74, 6) is 0.709. The van der Waals surface area contributed by atoms with Crippen LogP contribution in [-0.4, -0.2) is 52.4 Å². The number of tetrazole rings is 1. The van der Waals surface area contributed by atoms with Crippen molar-refractivity contribution in [2.75, 3.05) is 26.2 Å². The van der Waals surface area contributed by atoms with E-state index < -0.39 is 0 Å². The van der Waals surface area contributed by atoms with Crippen molar-refractivity contribution >= 4 is 0 Å². The highest BCUT2D eigenvalue weighted by molar-refractivity contribution is 5.24. The summed E-state index contributed by atoms with van der Waals surface area (Å²) in [6.07, 6.45) is 11.6. The minimum atomic E-state index is -0.141. The minimum Gasteiger partial charge on any atom is -0.323 e. The van der Waals surface area contributed by atoms with Gasteiger partial charge in [-0.05, 0) is 61.1 Å². The van der Waals surface area contributed by atoms with Crippen molar-refractivity contribution in [1.29, 1.82) is 0 Å². The fourth-order valence-electron chi connectivity index (χ4n) is 6.15. The summed E-state index contributed by atoms with van der Waals surface area (Å²) in [4.78, 5) is 3.18. The van der Waals surface area contributed by atoms with Gasteiger partial charge in [0.1, 0.15) is 32.0 Å². The van der Waals surface area contributed by atoms with Gasteiger partial charge in [-0.25, -0.2) is 9.07 Å². The lowest BCUT2D eigenvalue weighted by Gasteiger charge is -2.38. The summed E-state index contributed by atoms with van der Waals surface area (Å²) in [5.41, 5.74) is 0.739. The molecule has 1 aliphatic heterocycles. The Morgan fingerprint density at radius 1 is 0.900 bits per heavy atom. The summed E-state index contributed by atoms with van der Waals surface area (Å²) in [7, 11) is 0. The quantitative estimate of drug-likeness (QED) is 0.771. The van der Waals surface area contributed by atoms with Crippen LogP contribution in [0.2, 0.25) is 0 Å². The van der Waals surface area contributed by atoms with Gasteiger partial charge in [0.25, 0.3) is 0 Å². The second-order valence-electron chi connectivity index (χ2n) is 9.53. The number of halogens is 1. The van der Waals surface area contributed by atoms with E-state index in [1.807, 2.05) is 16.8 Å². The lowest BCUT2D eigenvalue weighted by atomic mass is 9.93. The Balaban J connectivity index is 1.41.